The van der Waals surface area contributed by atoms with Crippen molar-refractivity contribution in [1.82, 2.24) is 10.2 Å². The molecule has 1 aliphatic rings. The van der Waals surface area contributed by atoms with Gasteiger partial charge in [0, 0.05) is 23.9 Å². The first-order valence-corrected chi connectivity index (χ1v) is 7.42. The minimum Gasteiger partial charge on any atom is -0.351 e. The monoisotopic (exact) mass is 320 g/mol. The predicted octanol–water partition coefficient (Wildman–Crippen LogP) is 2.17. The standard InChI is InChI=1S/C13H15F3N2O2S/c14-13(15,16)12(20)18-5-3-9(4-6-18)11(19)17-8-10-2-1-7-21-10/h1-2,7,9H,3-6,8H2,(H,17,19). The second-order valence-corrected chi connectivity index (χ2v) is 5.89. The summed E-state index contributed by atoms with van der Waals surface area (Å²) in [5, 5.41) is 4.68. The first-order valence-electron chi connectivity index (χ1n) is 6.54. The van der Waals surface area contributed by atoms with E-state index in [-0.39, 0.29) is 37.8 Å². The lowest BCUT2D eigenvalue weighted by molar-refractivity contribution is -0.186. The zero-order chi connectivity index (χ0) is 15.5. The lowest BCUT2D eigenvalue weighted by Crippen LogP contribution is -2.47. The number of rotatable bonds is 3. The van der Waals surface area contributed by atoms with Crippen LogP contribution in [0.2, 0.25) is 0 Å². The van der Waals surface area contributed by atoms with E-state index in [1.165, 1.54) is 11.3 Å². The van der Waals surface area contributed by atoms with Crippen LogP contribution in [0.15, 0.2) is 17.5 Å². The zero-order valence-corrected chi connectivity index (χ0v) is 12.0. The SMILES string of the molecule is O=C(NCc1cccs1)C1CCN(C(=O)C(F)(F)F)CC1. The summed E-state index contributed by atoms with van der Waals surface area (Å²) in [7, 11) is 0. The van der Waals surface area contributed by atoms with Gasteiger partial charge in [-0.3, -0.25) is 9.59 Å². The van der Waals surface area contributed by atoms with Gasteiger partial charge >= 0.3 is 12.1 Å². The normalized spacial score (nSPS) is 16.8. The van der Waals surface area contributed by atoms with E-state index in [4.69, 9.17) is 0 Å². The summed E-state index contributed by atoms with van der Waals surface area (Å²) in [4.78, 5) is 24.8. The van der Waals surface area contributed by atoms with Gasteiger partial charge in [0.25, 0.3) is 0 Å². The third-order valence-electron chi connectivity index (χ3n) is 3.41. The molecule has 1 aromatic heterocycles. The number of thiophene rings is 1. The second kappa shape index (κ2) is 6.46. The van der Waals surface area contributed by atoms with Gasteiger partial charge in [0.2, 0.25) is 5.91 Å². The molecule has 8 heteroatoms. The zero-order valence-electron chi connectivity index (χ0n) is 11.2. The molecule has 0 spiro atoms. The van der Waals surface area contributed by atoms with Crippen LogP contribution < -0.4 is 5.32 Å². The maximum atomic E-state index is 12.3. The lowest BCUT2D eigenvalue weighted by Gasteiger charge is -2.31. The van der Waals surface area contributed by atoms with Crippen LogP contribution in [-0.2, 0) is 16.1 Å². The van der Waals surface area contributed by atoms with E-state index < -0.39 is 12.1 Å². The average Bonchev–Trinajstić information content (AvgIpc) is 2.96. The van der Waals surface area contributed by atoms with Crippen LogP contribution in [0.1, 0.15) is 17.7 Å². The Morgan fingerprint density at radius 2 is 2.00 bits per heavy atom. The van der Waals surface area contributed by atoms with Crippen molar-refractivity contribution in [1.29, 1.82) is 0 Å². The first kappa shape index (κ1) is 15.8. The molecule has 0 radical (unpaired) electrons. The molecule has 1 fully saturated rings. The number of carbonyl (C=O) groups is 2. The Labute approximate surface area is 123 Å². The molecular weight excluding hydrogens is 305 g/mol. The number of hydrogen-bond acceptors (Lipinski definition) is 3. The highest BCUT2D eigenvalue weighted by Crippen LogP contribution is 2.24. The molecule has 0 bridgehead atoms. The van der Waals surface area contributed by atoms with Crippen molar-refractivity contribution >= 4 is 23.2 Å². The number of alkyl halides is 3. The molecule has 0 saturated carbocycles. The number of piperidine rings is 1. The van der Waals surface area contributed by atoms with Gasteiger partial charge in [0.15, 0.2) is 0 Å². The molecule has 1 aromatic rings. The van der Waals surface area contributed by atoms with Crippen LogP contribution in [0.4, 0.5) is 13.2 Å². The van der Waals surface area contributed by atoms with Gasteiger partial charge in [-0.25, -0.2) is 0 Å². The number of carbonyl (C=O) groups excluding carboxylic acids is 2. The van der Waals surface area contributed by atoms with E-state index in [9.17, 15) is 22.8 Å². The molecule has 1 saturated heterocycles. The van der Waals surface area contributed by atoms with Crippen molar-refractivity contribution in [2.24, 2.45) is 5.92 Å². The number of hydrogen-bond donors (Lipinski definition) is 1. The molecule has 2 heterocycles. The highest BCUT2D eigenvalue weighted by Gasteiger charge is 2.43. The Kier molecular flexibility index (Phi) is 4.87. The van der Waals surface area contributed by atoms with Gasteiger partial charge in [0.05, 0.1) is 6.54 Å². The maximum Gasteiger partial charge on any atom is 0.471 e. The molecule has 0 unspecified atom stereocenters. The van der Waals surface area contributed by atoms with Crippen molar-refractivity contribution in [3.63, 3.8) is 0 Å². The molecule has 2 rings (SSSR count). The fourth-order valence-electron chi connectivity index (χ4n) is 2.26. The Bertz CT molecular complexity index is 494. The van der Waals surface area contributed by atoms with E-state index in [1.807, 2.05) is 17.5 Å². The fourth-order valence-corrected chi connectivity index (χ4v) is 2.90. The van der Waals surface area contributed by atoms with Crippen LogP contribution in [0.3, 0.4) is 0 Å². The summed E-state index contributed by atoms with van der Waals surface area (Å²) in [5.41, 5.74) is 0. The summed E-state index contributed by atoms with van der Waals surface area (Å²) in [6, 6.07) is 3.78. The van der Waals surface area contributed by atoms with Crippen molar-refractivity contribution in [3.8, 4) is 0 Å². The molecular formula is C13H15F3N2O2S. The molecule has 21 heavy (non-hydrogen) atoms. The Morgan fingerprint density at radius 1 is 1.33 bits per heavy atom. The average molecular weight is 320 g/mol. The Balaban J connectivity index is 1.78. The fraction of sp³-hybridized carbons (Fsp3) is 0.538. The molecule has 0 aliphatic carbocycles. The smallest absolute Gasteiger partial charge is 0.351 e. The predicted molar refractivity (Wildman–Crippen MR) is 71.5 cm³/mol. The highest BCUT2D eigenvalue weighted by atomic mass is 32.1. The third-order valence-corrected chi connectivity index (χ3v) is 4.29. The van der Waals surface area contributed by atoms with Crippen molar-refractivity contribution in [3.05, 3.63) is 22.4 Å². The van der Waals surface area contributed by atoms with Crippen LogP contribution >= 0.6 is 11.3 Å². The lowest BCUT2D eigenvalue weighted by atomic mass is 9.96. The Morgan fingerprint density at radius 3 is 2.52 bits per heavy atom. The van der Waals surface area contributed by atoms with E-state index >= 15 is 0 Å². The summed E-state index contributed by atoms with van der Waals surface area (Å²) >= 11 is 1.53. The number of nitrogens with one attached hydrogen (secondary N) is 1. The van der Waals surface area contributed by atoms with Crippen molar-refractivity contribution in [2.75, 3.05) is 13.1 Å². The molecule has 0 aromatic carbocycles. The summed E-state index contributed by atoms with van der Waals surface area (Å²) in [5.74, 6) is -2.32. The van der Waals surface area contributed by atoms with E-state index in [0.717, 1.165) is 9.78 Å². The van der Waals surface area contributed by atoms with Gasteiger partial charge in [-0.1, -0.05) is 6.07 Å². The molecule has 116 valence electrons. The van der Waals surface area contributed by atoms with Crippen LogP contribution in [0.5, 0.6) is 0 Å². The van der Waals surface area contributed by atoms with Gasteiger partial charge in [-0.15, -0.1) is 11.3 Å². The Hall–Kier alpha value is -1.57. The molecule has 1 N–H and O–H groups in total. The summed E-state index contributed by atoms with van der Waals surface area (Å²) in [6.07, 6.45) is -4.32. The number of amides is 2. The molecule has 0 atom stereocenters. The largest absolute Gasteiger partial charge is 0.471 e. The minimum atomic E-state index is -4.84. The van der Waals surface area contributed by atoms with Gasteiger partial charge in [-0.2, -0.15) is 13.2 Å². The number of halogens is 3. The number of nitrogens with zero attached hydrogens (tertiary/aromatic N) is 1. The second-order valence-electron chi connectivity index (χ2n) is 4.86. The highest BCUT2D eigenvalue weighted by molar-refractivity contribution is 7.09. The summed E-state index contributed by atoms with van der Waals surface area (Å²) in [6.45, 7) is 0.364. The van der Waals surface area contributed by atoms with Crippen LogP contribution in [-0.4, -0.2) is 36.0 Å². The topological polar surface area (TPSA) is 49.4 Å². The van der Waals surface area contributed by atoms with Gasteiger partial charge in [0.1, 0.15) is 0 Å². The van der Waals surface area contributed by atoms with Crippen LogP contribution in [0, 0.1) is 5.92 Å². The molecule has 2 amide bonds. The quantitative estimate of drug-likeness (QED) is 0.928. The molecule has 4 nitrogen and oxygen atoms in total. The summed E-state index contributed by atoms with van der Waals surface area (Å²) < 4.78 is 36.9. The van der Waals surface area contributed by atoms with Crippen LogP contribution in [0.25, 0.3) is 0 Å². The minimum absolute atomic E-state index is 0.0323. The van der Waals surface area contributed by atoms with Crippen molar-refractivity contribution in [2.45, 2.75) is 25.6 Å². The van der Waals surface area contributed by atoms with E-state index in [2.05, 4.69) is 5.32 Å². The van der Waals surface area contributed by atoms with Crippen molar-refractivity contribution < 1.29 is 22.8 Å². The number of likely N-dealkylation sites (tertiary alicyclic amines) is 1. The first-order chi connectivity index (χ1) is 9.88. The van der Waals surface area contributed by atoms with E-state index in [0.29, 0.717) is 6.54 Å². The van der Waals surface area contributed by atoms with Gasteiger partial charge in [-0.05, 0) is 24.3 Å². The van der Waals surface area contributed by atoms with Gasteiger partial charge < -0.3 is 10.2 Å². The third kappa shape index (κ3) is 4.20. The maximum absolute atomic E-state index is 12.3. The van der Waals surface area contributed by atoms with E-state index in [1.54, 1.807) is 0 Å². The molecule has 1 aliphatic heterocycles.